The van der Waals surface area contributed by atoms with Gasteiger partial charge in [0.2, 0.25) is 0 Å². The maximum Gasteiger partial charge on any atom is 0.0320 e. The van der Waals surface area contributed by atoms with Crippen molar-refractivity contribution in [3.8, 4) is 0 Å². The number of likely N-dealkylation sites (tertiary alicyclic amines) is 1. The minimum Gasteiger partial charge on any atom is -0.307 e. The van der Waals surface area contributed by atoms with Crippen molar-refractivity contribution in [2.24, 2.45) is 0 Å². The van der Waals surface area contributed by atoms with E-state index in [9.17, 15) is 0 Å². The Morgan fingerprint density at radius 3 is 2.72 bits per heavy atom. The van der Waals surface area contributed by atoms with Gasteiger partial charge in [0.25, 0.3) is 0 Å². The molecule has 2 atom stereocenters. The SMILES string of the molecule is CCC(NC1CCCN(C)CC1)c1ccccc1. The number of nitrogens with zero attached hydrogens (tertiary/aromatic N) is 1. The molecule has 1 aromatic rings. The van der Waals surface area contributed by atoms with E-state index in [1.54, 1.807) is 0 Å². The number of nitrogens with one attached hydrogen (secondary N) is 1. The molecule has 2 unspecified atom stereocenters. The molecule has 0 aromatic heterocycles. The Morgan fingerprint density at radius 1 is 1.22 bits per heavy atom. The van der Waals surface area contributed by atoms with Crippen LogP contribution >= 0.6 is 0 Å². The molecule has 0 bridgehead atoms. The second-order valence-corrected chi connectivity index (χ2v) is 5.47. The van der Waals surface area contributed by atoms with Crippen molar-refractivity contribution in [3.05, 3.63) is 35.9 Å². The van der Waals surface area contributed by atoms with E-state index in [0.717, 1.165) is 6.42 Å². The van der Waals surface area contributed by atoms with Crippen LogP contribution in [-0.4, -0.2) is 31.1 Å². The van der Waals surface area contributed by atoms with Gasteiger partial charge in [-0.25, -0.2) is 0 Å². The van der Waals surface area contributed by atoms with Gasteiger partial charge in [-0.3, -0.25) is 0 Å². The lowest BCUT2D eigenvalue weighted by molar-refractivity contribution is 0.337. The molecule has 18 heavy (non-hydrogen) atoms. The maximum absolute atomic E-state index is 3.86. The molecule has 1 N–H and O–H groups in total. The molecule has 0 radical (unpaired) electrons. The lowest BCUT2D eigenvalue weighted by atomic mass is 10.0. The molecule has 1 fully saturated rings. The Bertz CT molecular complexity index is 336. The summed E-state index contributed by atoms with van der Waals surface area (Å²) in [5.74, 6) is 0. The zero-order chi connectivity index (χ0) is 12.8. The van der Waals surface area contributed by atoms with Gasteiger partial charge >= 0.3 is 0 Å². The van der Waals surface area contributed by atoms with Crippen LogP contribution in [-0.2, 0) is 0 Å². The van der Waals surface area contributed by atoms with Gasteiger partial charge in [0, 0.05) is 12.1 Å². The molecule has 0 aliphatic carbocycles. The molecule has 1 saturated heterocycles. The summed E-state index contributed by atoms with van der Waals surface area (Å²) in [5, 5.41) is 3.86. The van der Waals surface area contributed by atoms with E-state index in [1.807, 2.05) is 0 Å². The Hall–Kier alpha value is -0.860. The van der Waals surface area contributed by atoms with Gasteiger partial charge in [0.1, 0.15) is 0 Å². The second kappa shape index (κ2) is 6.91. The Morgan fingerprint density at radius 2 is 2.00 bits per heavy atom. The molecule has 100 valence electrons. The van der Waals surface area contributed by atoms with E-state index in [-0.39, 0.29) is 0 Å². The second-order valence-electron chi connectivity index (χ2n) is 5.47. The Balaban J connectivity index is 1.94. The van der Waals surface area contributed by atoms with Crippen LogP contribution < -0.4 is 5.32 Å². The monoisotopic (exact) mass is 246 g/mol. The lowest BCUT2D eigenvalue weighted by Crippen LogP contribution is -2.33. The topological polar surface area (TPSA) is 15.3 Å². The van der Waals surface area contributed by atoms with Crippen LogP contribution in [0.25, 0.3) is 0 Å². The molecule has 1 aromatic carbocycles. The molecule has 1 aliphatic rings. The third-order valence-electron chi connectivity index (χ3n) is 4.00. The van der Waals surface area contributed by atoms with Gasteiger partial charge in [-0.15, -0.1) is 0 Å². The lowest BCUT2D eigenvalue weighted by Gasteiger charge is -2.24. The highest BCUT2D eigenvalue weighted by atomic mass is 15.1. The molecule has 1 aliphatic heterocycles. The standard InChI is InChI=1S/C16H26N2/c1-3-16(14-8-5-4-6-9-14)17-15-10-7-12-18(2)13-11-15/h4-6,8-9,15-17H,3,7,10-13H2,1-2H3. The van der Waals surface area contributed by atoms with Crippen LogP contribution in [0.4, 0.5) is 0 Å². The smallest absolute Gasteiger partial charge is 0.0320 e. The number of rotatable bonds is 4. The zero-order valence-corrected chi connectivity index (χ0v) is 11.7. The van der Waals surface area contributed by atoms with Crippen molar-refractivity contribution in [3.63, 3.8) is 0 Å². The third-order valence-corrected chi connectivity index (χ3v) is 4.00. The van der Waals surface area contributed by atoms with Crippen molar-refractivity contribution in [1.82, 2.24) is 10.2 Å². The average Bonchev–Trinajstić information content (AvgIpc) is 2.62. The molecule has 0 amide bonds. The summed E-state index contributed by atoms with van der Waals surface area (Å²) in [6.45, 7) is 4.75. The van der Waals surface area contributed by atoms with Crippen molar-refractivity contribution >= 4 is 0 Å². The molecular weight excluding hydrogens is 220 g/mol. The summed E-state index contributed by atoms with van der Waals surface area (Å²) in [5.41, 5.74) is 1.43. The van der Waals surface area contributed by atoms with Crippen molar-refractivity contribution in [2.45, 2.75) is 44.7 Å². The average molecular weight is 246 g/mol. The molecule has 0 spiro atoms. The van der Waals surface area contributed by atoms with Crippen LogP contribution in [0, 0.1) is 0 Å². The van der Waals surface area contributed by atoms with Gasteiger partial charge in [-0.2, -0.15) is 0 Å². The summed E-state index contributed by atoms with van der Waals surface area (Å²) in [6, 6.07) is 12.0. The molecular formula is C16H26N2. The molecule has 2 nitrogen and oxygen atoms in total. The fourth-order valence-corrected chi connectivity index (χ4v) is 2.83. The normalized spacial score (nSPS) is 23.6. The first-order valence-corrected chi connectivity index (χ1v) is 7.29. The summed E-state index contributed by atoms with van der Waals surface area (Å²) >= 11 is 0. The van der Waals surface area contributed by atoms with Crippen LogP contribution in [0.15, 0.2) is 30.3 Å². The van der Waals surface area contributed by atoms with E-state index in [0.29, 0.717) is 12.1 Å². The summed E-state index contributed by atoms with van der Waals surface area (Å²) < 4.78 is 0. The van der Waals surface area contributed by atoms with E-state index in [4.69, 9.17) is 0 Å². The third kappa shape index (κ3) is 3.82. The van der Waals surface area contributed by atoms with Crippen molar-refractivity contribution < 1.29 is 0 Å². The van der Waals surface area contributed by atoms with Gasteiger partial charge in [0.15, 0.2) is 0 Å². The predicted molar refractivity (Wildman–Crippen MR) is 77.7 cm³/mol. The number of benzene rings is 1. The zero-order valence-electron chi connectivity index (χ0n) is 11.7. The fraction of sp³-hybridized carbons (Fsp3) is 0.625. The van der Waals surface area contributed by atoms with Crippen LogP contribution in [0.5, 0.6) is 0 Å². The van der Waals surface area contributed by atoms with E-state index < -0.39 is 0 Å². The maximum atomic E-state index is 3.86. The van der Waals surface area contributed by atoms with Crippen LogP contribution in [0.2, 0.25) is 0 Å². The summed E-state index contributed by atoms with van der Waals surface area (Å²) in [7, 11) is 2.23. The highest BCUT2D eigenvalue weighted by molar-refractivity contribution is 5.18. The first-order valence-electron chi connectivity index (χ1n) is 7.29. The van der Waals surface area contributed by atoms with Gasteiger partial charge < -0.3 is 10.2 Å². The van der Waals surface area contributed by atoms with Crippen molar-refractivity contribution in [1.29, 1.82) is 0 Å². The Labute approximate surface area is 111 Å². The van der Waals surface area contributed by atoms with Gasteiger partial charge in [0.05, 0.1) is 0 Å². The number of hydrogen-bond donors (Lipinski definition) is 1. The number of hydrogen-bond acceptors (Lipinski definition) is 2. The van der Waals surface area contributed by atoms with Crippen molar-refractivity contribution in [2.75, 3.05) is 20.1 Å². The fourth-order valence-electron chi connectivity index (χ4n) is 2.83. The summed E-state index contributed by atoms with van der Waals surface area (Å²) in [6.07, 6.45) is 5.07. The highest BCUT2D eigenvalue weighted by Crippen LogP contribution is 2.20. The predicted octanol–water partition coefficient (Wildman–Crippen LogP) is 3.21. The first kappa shape index (κ1) is 13.6. The Kier molecular flexibility index (Phi) is 5.21. The van der Waals surface area contributed by atoms with Crippen LogP contribution in [0.3, 0.4) is 0 Å². The summed E-state index contributed by atoms with van der Waals surface area (Å²) in [4.78, 5) is 2.45. The highest BCUT2D eigenvalue weighted by Gasteiger charge is 2.18. The van der Waals surface area contributed by atoms with Crippen LogP contribution in [0.1, 0.15) is 44.2 Å². The minimum absolute atomic E-state index is 0.514. The molecule has 1 heterocycles. The molecule has 2 rings (SSSR count). The quantitative estimate of drug-likeness (QED) is 0.877. The van der Waals surface area contributed by atoms with Gasteiger partial charge in [-0.05, 0) is 51.4 Å². The molecule has 2 heteroatoms. The minimum atomic E-state index is 0.514. The largest absolute Gasteiger partial charge is 0.307 e. The van der Waals surface area contributed by atoms with Gasteiger partial charge in [-0.1, -0.05) is 37.3 Å². The van der Waals surface area contributed by atoms with E-state index >= 15 is 0 Å². The first-order chi connectivity index (χ1) is 8.79. The molecule has 0 saturated carbocycles. The van der Waals surface area contributed by atoms with E-state index in [2.05, 4.69) is 54.5 Å². The van der Waals surface area contributed by atoms with E-state index in [1.165, 1.54) is 37.9 Å².